The zero-order valence-electron chi connectivity index (χ0n) is 28.0. The molecule has 260 valence electrons. The smallest absolute Gasteiger partial charge is 0.312 e. The third-order valence-electron chi connectivity index (χ3n) is 6.53. The molecule has 0 aliphatic rings. The number of urea groups is 1. The van der Waals surface area contributed by atoms with Crippen molar-refractivity contribution in [1.29, 1.82) is 0 Å². The van der Waals surface area contributed by atoms with Crippen LogP contribution in [0.1, 0.15) is 85.6 Å². The van der Waals surface area contributed by atoms with Crippen molar-refractivity contribution in [2.24, 2.45) is 17.6 Å². The summed E-state index contributed by atoms with van der Waals surface area (Å²) in [7, 11) is -3.29. The molecule has 2 atom stereocenters. The molecule has 13 nitrogen and oxygen atoms in total. The summed E-state index contributed by atoms with van der Waals surface area (Å²) >= 11 is 0. The second kappa shape index (κ2) is 22.5. The van der Waals surface area contributed by atoms with Crippen molar-refractivity contribution in [3.63, 3.8) is 0 Å². The normalized spacial score (nSPS) is 12.2. The number of benzene rings is 1. The van der Waals surface area contributed by atoms with Gasteiger partial charge >= 0.3 is 12.0 Å². The van der Waals surface area contributed by atoms with Gasteiger partial charge in [-0.3, -0.25) is 19.2 Å². The highest BCUT2D eigenvalue weighted by Gasteiger charge is 2.28. The Bertz CT molecular complexity index is 1230. The van der Waals surface area contributed by atoms with Crippen LogP contribution in [0.5, 0.6) is 0 Å². The maximum Gasteiger partial charge on any atom is 0.312 e. The lowest BCUT2D eigenvalue weighted by atomic mass is 10.0. The van der Waals surface area contributed by atoms with E-state index in [9.17, 15) is 32.4 Å². The summed E-state index contributed by atoms with van der Waals surface area (Å²) in [4.78, 5) is 61.8. The van der Waals surface area contributed by atoms with Gasteiger partial charge in [0.15, 0.2) is 9.84 Å². The van der Waals surface area contributed by atoms with Crippen molar-refractivity contribution in [1.82, 2.24) is 16.0 Å². The Labute approximate surface area is 273 Å². The van der Waals surface area contributed by atoms with E-state index >= 15 is 0 Å². The summed E-state index contributed by atoms with van der Waals surface area (Å²) in [5, 5.41) is 11.6. The Kier molecular flexibility index (Phi) is 20.6. The second-order valence-electron chi connectivity index (χ2n) is 11.1. The summed E-state index contributed by atoms with van der Waals surface area (Å²) < 4.78 is 28.2. The molecule has 1 aromatic rings. The number of carbonyl (C=O) groups is 5. The number of primary amides is 1. The van der Waals surface area contributed by atoms with Crippen molar-refractivity contribution in [2.75, 3.05) is 17.6 Å². The number of rotatable bonds is 20. The van der Waals surface area contributed by atoms with E-state index in [1.54, 1.807) is 52.0 Å². The van der Waals surface area contributed by atoms with Gasteiger partial charge in [0.25, 0.3) is 0 Å². The van der Waals surface area contributed by atoms with Crippen LogP contribution in [0.2, 0.25) is 0 Å². The summed E-state index contributed by atoms with van der Waals surface area (Å²) in [6.07, 6.45) is 1.98. The Morgan fingerprint density at radius 3 is 2.09 bits per heavy atom. The number of sulfone groups is 1. The summed E-state index contributed by atoms with van der Waals surface area (Å²) in [5.41, 5.74) is 6.31. The quantitative estimate of drug-likeness (QED) is 0.103. The van der Waals surface area contributed by atoms with Crippen LogP contribution < -0.4 is 27.0 Å². The first-order valence-electron chi connectivity index (χ1n) is 15.7. The van der Waals surface area contributed by atoms with Crippen LogP contribution in [-0.4, -0.2) is 62.5 Å². The fourth-order valence-corrected chi connectivity index (χ4v) is 4.69. The maximum absolute atomic E-state index is 13.3. The largest absolute Gasteiger partial charge is 0.461 e. The molecule has 0 aliphatic heterocycles. The molecular weight excluding hydrogens is 614 g/mol. The molecule has 0 saturated carbocycles. The summed E-state index contributed by atoms with van der Waals surface area (Å²) in [6.45, 7) is 14.6. The lowest BCUT2D eigenvalue weighted by Crippen LogP contribution is -2.54. The van der Waals surface area contributed by atoms with E-state index in [4.69, 9.17) is 10.5 Å². The number of ether oxygens (including phenoxy) is 1. The molecule has 0 saturated heterocycles. The molecule has 0 heterocycles. The Hall–Kier alpha value is -3.94. The Morgan fingerprint density at radius 2 is 1.54 bits per heavy atom. The Balaban J connectivity index is 0.00000991. The number of hydrogen-bond donors (Lipinski definition) is 5. The topological polar surface area (TPSA) is 203 Å². The molecular formula is C32H53N5O8S. The number of amides is 5. The first-order valence-corrected chi connectivity index (χ1v) is 17.4. The maximum atomic E-state index is 13.3. The van der Waals surface area contributed by atoms with Crippen molar-refractivity contribution < 1.29 is 37.1 Å². The fraction of sp³-hybridized carbons (Fsp3) is 0.594. The number of carbonyl (C=O) groups excluding carboxylic acids is 5. The zero-order chi connectivity index (χ0) is 35.3. The highest BCUT2D eigenvalue weighted by atomic mass is 32.2. The van der Waals surface area contributed by atoms with Crippen LogP contribution in [0.4, 0.5) is 10.5 Å². The molecule has 0 aromatic heterocycles. The number of anilines is 1. The van der Waals surface area contributed by atoms with Crippen LogP contribution in [-0.2, 0) is 40.4 Å². The van der Waals surface area contributed by atoms with E-state index in [0.717, 1.165) is 11.0 Å². The number of hydrogen-bond acceptors (Lipinski definition) is 8. The molecule has 1 rings (SSSR count). The summed E-state index contributed by atoms with van der Waals surface area (Å²) in [6, 6.07) is 4.08. The zero-order valence-corrected chi connectivity index (χ0v) is 28.8. The van der Waals surface area contributed by atoms with Crippen LogP contribution in [0.3, 0.4) is 0 Å². The molecule has 14 heteroatoms. The molecule has 0 bridgehead atoms. The first kappa shape index (κ1) is 42.1. The first-order chi connectivity index (χ1) is 21.6. The molecule has 6 N–H and O–H groups in total. The van der Waals surface area contributed by atoms with E-state index in [1.165, 1.54) is 0 Å². The number of nitrogens with two attached hydrogens (primary N) is 1. The minimum Gasteiger partial charge on any atom is -0.461 e. The van der Waals surface area contributed by atoms with Crippen LogP contribution in [0, 0.1) is 11.8 Å². The molecule has 0 radical (unpaired) electrons. The second-order valence-corrected chi connectivity index (χ2v) is 13.1. The average molecular weight is 668 g/mol. The van der Waals surface area contributed by atoms with Gasteiger partial charge in [0.1, 0.15) is 18.7 Å². The lowest BCUT2D eigenvalue weighted by Gasteiger charge is -2.25. The molecule has 0 fully saturated rings. The van der Waals surface area contributed by atoms with Crippen LogP contribution in [0.15, 0.2) is 36.3 Å². The minimum atomic E-state index is -3.29. The predicted molar refractivity (Wildman–Crippen MR) is 179 cm³/mol. The Morgan fingerprint density at radius 1 is 0.913 bits per heavy atom. The van der Waals surface area contributed by atoms with E-state index in [-0.39, 0.29) is 55.5 Å². The highest BCUT2D eigenvalue weighted by molar-refractivity contribution is 7.94. The van der Waals surface area contributed by atoms with Crippen molar-refractivity contribution in [2.45, 2.75) is 98.8 Å². The predicted octanol–water partition coefficient (Wildman–Crippen LogP) is 3.54. The van der Waals surface area contributed by atoms with Crippen LogP contribution in [0.25, 0.3) is 0 Å². The third-order valence-corrected chi connectivity index (χ3v) is 7.89. The van der Waals surface area contributed by atoms with Gasteiger partial charge in [-0.15, -0.1) is 0 Å². The molecule has 46 heavy (non-hydrogen) atoms. The van der Waals surface area contributed by atoms with Gasteiger partial charge in [-0.1, -0.05) is 66.7 Å². The standard InChI is InChI=1S/C30H47N5O8S.C2H6/c1-6-44(41,42)18-9-7-8-12-25(36)35-26(20(2)3)28(38)34-24(11-10-17-32-30(31)40)27(37)33-23-15-13-22(14-16-23)19-43-29(39)21(4)5;1-2/h6,13-16,20-21,24,26H,1,7-12,17-19H2,2-5H3,(H,33,37)(H,34,38)(H,35,36)(H3,31,32,40);1-2H3. The van der Waals surface area contributed by atoms with Crippen molar-refractivity contribution in [3.05, 3.63) is 41.8 Å². The van der Waals surface area contributed by atoms with Gasteiger partial charge < -0.3 is 31.7 Å². The number of unbranched alkanes of at least 4 members (excludes halogenated alkanes) is 2. The molecule has 0 spiro atoms. The van der Waals surface area contributed by atoms with Gasteiger partial charge in [-0.2, -0.15) is 0 Å². The van der Waals surface area contributed by atoms with Gasteiger partial charge in [-0.25, -0.2) is 13.2 Å². The van der Waals surface area contributed by atoms with Gasteiger partial charge in [0.2, 0.25) is 17.7 Å². The average Bonchev–Trinajstić information content (AvgIpc) is 3.01. The fourth-order valence-electron chi connectivity index (χ4n) is 3.91. The van der Waals surface area contributed by atoms with E-state index in [2.05, 4.69) is 27.8 Å². The SMILES string of the molecule is C=CS(=O)(=O)CCCCCC(=O)NC(C(=O)NC(CCCNC(N)=O)C(=O)Nc1ccc(COC(=O)C(C)C)cc1)C(C)C.CC. The van der Waals surface area contributed by atoms with Crippen LogP contribution >= 0.6 is 0 Å². The summed E-state index contributed by atoms with van der Waals surface area (Å²) in [5.74, 6) is -2.31. The highest BCUT2D eigenvalue weighted by Crippen LogP contribution is 2.13. The van der Waals surface area contributed by atoms with E-state index in [0.29, 0.717) is 31.4 Å². The van der Waals surface area contributed by atoms with Gasteiger partial charge in [0, 0.05) is 24.1 Å². The molecule has 2 unspecified atom stereocenters. The van der Waals surface area contributed by atoms with E-state index < -0.39 is 39.8 Å². The van der Waals surface area contributed by atoms with Crippen molar-refractivity contribution in [3.8, 4) is 0 Å². The van der Waals surface area contributed by atoms with E-state index in [1.807, 2.05) is 13.8 Å². The van der Waals surface area contributed by atoms with Gasteiger partial charge in [0.05, 0.1) is 11.7 Å². The molecule has 5 amide bonds. The number of esters is 1. The van der Waals surface area contributed by atoms with Crippen molar-refractivity contribution >= 4 is 45.2 Å². The number of nitrogens with one attached hydrogen (secondary N) is 4. The van der Waals surface area contributed by atoms with Gasteiger partial charge in [-0.05, 0) is 49.3 Å². The lowest BCUT2D eigenvalue weighted by molar-refractivity contribution is -0.148. The molecule has 1 aromatic carbocycles. The minimum absolute atomic E-state index is 0.0363. The molecule has 0 aliphatic carbocycles. The monoisotopic (exact) mass is 667 g/mol. The third kappa shape index (κ3) is 18.1.